The molecule has 0 N–H and O–H groups in total. The maximum atomic E-state index is 13.2. The molecular formula is C22H30N2O4. The number of fused-ring (bicyclic) bond motifs is 1. The SMILES string of the molecule is CC1(C)Oc2ccc(C(=O)N3CCOCC3)cc2N(CC2CCCCC2)C1=O. The summed E-state index contributed by atoms with van der Waals surface area (Å²) in [5, 5.41) is 0. The van der Waals surface area contributed by atoms with Crippen molar-refractivity contribution in [3.05, 3.63) is 23.8 Å². The molecule has 1 saturated heterocycles. The monoisotopic (exact) mass is 386 g/mol. The van der Waals surface area contributed by atoms with Gasteiger partial charge in [-0.1, -0.05) is 19.3 Å². The molecule has 0 spiro atoms. The minimum atomic E-state index is -0.891. The smallest absolute Gasteiger partial charge is 0.270 e. The zero-order chi connectivity index (χ0) is 19.7. The second-order valence-corrected chi connectivity index (χ2v) is 8.62. The zero-order valence-electron chi connectivity index (χ0n) is 16.9. The third kappa shape index (κ3) is 3.75. The van der Waals surface area contributed by atoms with Crippen LogP contribution in [-0.4, -0.2) is 55.2 Å². The third-order valence-corrected chi connectivity index (χ3v) is 6.09. The molecule has 6 nitrogen and oxygen atoms in total. The van der Waals surface area contributed by atoms with Crippen LogP contribution in [0.4, 0.5) is 5.69 Å². The molecule has 0 atom stereocenters. The number of nitrogens with zero attached hydrogens (tertiary/aromatic N) is 2. The lowest BCUT2D eigenvalue weighted by atomic mass is 9.88. The summed E-state index contributed by atoms with van der Waals surface area (Å²) in [6, 6.07) is 5.48. The Hall–Kier alpha value is -2.08. The number of hydrogen-bond donors (Lipinski definition) is 0. The summed E-state index contributed by atoms with van der Waals surface area (Å²) in [4.78, 5) is 29.8. The minimum absolute atomic E-state index is 0.0130. The maximum absolute atomic E-state index is 13.2. The summed E-state index contributed by atoms with van der Waals surface area (Å²) in [5.41, 5.74) is 0.441. The van der Waals surface area contributed by atoms with E-state index in [0.29, 0.717) is 50.1 Å². The van der Waals surface area contributed by atoms with Crippen LogP contribution in [0.3, 0.4) is 0 Å². The minimum Gasteiger partial charge on any atom is -0.476 e. The molecule has 2 amide bonds. The highest BCUT2D eigenvalue weighted by atomic mass is 16.5. The maximum Gasteiger partial charge on any atom is 0.270 e. The second kappa shape index (κ2) is 7.74. The van der Waals surface area contributed by atoms with Gasteiger partial charge in [0.25, 0.3) is 11.8 Å². The normalized spacial score (nSPS) is 22.6. The Bertz CT molecular complexity index is 749. The van der Waals surface area contributed by atoms with Crippen LogP contribution >= 0.6 is 0 Å². The standard InChI is InChI=1S/C22H30N2O4/c1-22(2)21(26)24(15-16-6-4-3-5-7-16)18-14-17(8-9-19(18)28-22)20(25)23-10-12-27-13-11-23/h8-9,14,16H,3-7,10-13,15H2,1-2H3. The zero-order valence-corrected chi connectivity index (χ0v) is 16.9. The predicted molar refractivity (Wildman–Crippen MR) is 107 cm³/mol. The van der Waals surface area contributed by atoms with E-state index >= 15 is 0 Å². The molecule has 0 radical (unpaired) electrons. The lowest BCUT2D eigenvalue weighted by molar-refractivity contribution is -0.132. The molecule has 0 unspecified atom stereocenters. The van der Waals surface area contributed by atoms with Crippen molar-refractivity contribution in [3.63, 3.8) is 0 Å². The number of benzene rings is 1. The van der Waals surface area contributed by atoms with Gasteiger partial charge in [-0.05, 0) is 50.8 Å². The highest BCUT2D eigenvalue weighted by molar-refractivity contribution is 6.04. The molecule has 1 aromatic carbocycles. The Morgan fingerprint density at radius 2 is 1.86 bits per heavy atom. The van der Waals surface area contributed by atoms with Gasteiger partial charge in [-0.3, -0.25) is 9.59 Å². The van der Waals surface area contributed by atoms with Crippen molar-refractivity contribution in [2.75, 3.05) is 37.7 Å². The molecule has 0 bridgehead atoms. The fraction of sp³-hybridized carbons (Fsp3) is 0.636. The Balaban J connectivity index is 1.63. The van der Waals surface area contributed by atoms with Gasteiger partial charge >= 0.3 is 0 Å². The van der Waals surface area contributed by atoms with Crippen LogP contribution in [0.25, 0.3) is 0 Å². The summed E-state index contributed by atoms with van der Waals surface area (Å²) in [6.45, 7) is 6.68. The number of amides is 2. The summed E-state index contributed by atoms with van der Waals surface area (Å²) in [7, 11) is 0. The van der Waals surface area contributed by atoms with E-state index in [2.05, 4.69) is 0 Å². The van der Waals surface area contributed by atoms with E-state index in [1.165, 1.54) is 19.3 Å². The second-order valence-electron chi connectivity index (χ2n) is 8.62. The van der Waals surface area contributed by atoms with E-state index in [9.17, 15) is 9.59 Å². The summed E-state index contributed by atoms with van der Waals surface area (Å²) < 4.78 is 11.3. The molecule has 2 heterocycles. The highest BCUT2D eigenvalue weighted by Crippen LogP contribution is 2.40. The van der Waals surface area contributed by atoms with Gasteiger partial charge in [0.1, 0.15) is 5.75 Å². The van der Waals surface area contributed by atoms with Crippen LogP contribution in [0.5, 0.6) is 5.75 Å². The van der Waals surface area contributed by atoms with E-state index in [0.717, 1.165) is 18.5 Å². The van der Waals surface area contributed by atoms with Gasteiger partial charge in [-0.2, -0.15) is 0 Å². The van der Waals surface area contributed by atoms with Crippen LogP contribution in [-0.2, 0) is 9.53 Å². The van der Waals surface area contributed by atoms with Crippen molar-refractivity contribution in [1.29, 1.82) is 0 Å². The number of rotatable bonds is 3. The average molecular weight is 386 g/mol. The largest absolute Gasteiger partial charge is 0.476 e. The van der Waals surface area contributed by atoms with E-state index in [1.807, 2.05) is 35.8 Å². The topological polar surface area (TPSA) is 59.1 Å². The molecule has 6 heteroatoms. The molecule has 0 aromatic heterocycles. The first-order valence-corrected chi connectivity index (χ1v) is 10.5. The quantitative estimate of drug-likeness (QED) is 0.800. The van der Waals surface area contributed by atoms with Gasteiger partial charge < -0.3 is 19.3 Å². The Morgan fingerprint density at radius 3 is 2.57 bits per heavy atom. The van der Waals surface area contributed by atoms with Crippen LogP contribution in [0.1, 0.15) is 56.3 Å². The highest BCUT2D eigenvalue weighted by Gasteiger charge is 2.42. The van der Waals surface area contributed by atoms with Gasteiger partial charge in [0.2, 0.25) is 0 Å². The van der Waals surface area contributed by atoms with E-state index in [-0.39, 0.29) is 11.8 Å². The first kappa shape index (κ1) is 19.2. The van der Waals surface area contributed by atoms with Gasteiger partial charge in [0, 0.05) is 25.2 Å². The Labute approximate surface area is 166 Å². The first-order valence-electron chi connectivity index (χ1n) is 10.5. The number of carbonyl (C=O) groups excluding carboxylic acids is 2. The number of carbonyl (C=O) groups is 2. The predicted octanol–water partition coefficient (Wildman–Crippen LogP) is 3.24. The van der Waals surface area contributed by atoms with Crippen molar-refractivity contribution in [3.8, 4) is 5.75 Å². The fourth-order valence-electron chi connectivity index (χ4n) is 4.46. The molecule has 1 aliphatic carbocycles. The molecule has 3 aliphatic rings. The summed E-state index contributed by atoms with van der Waals surface area (Å²) in [5.74, 6) is 1.15. The first-order chi connectivity index (χ1) is 13.5. The summed E-state index contributed by atoms with van der Waals surface area (Å²) in [6.07, 6.45) is 6.07. The van der Waals surface area contributed by atoms with Crippen LogP contribution in [0.15, 0.2) is 18.2 Å². The Kier molecular flexibility index (Phi) is 5.32. The third-order valence-electron chi connectivity index (χ3n) is 6.09. The average Bonchev–Trinajstić information content (AvgIpc) is 2.72. The van der Waals surface area contributed by atoms with Crippen molar-refractivity contribution in [2.45, 2.75) is 51.6 Å². The molecule has 1 aromatic rings. The van der Waals surface area contributed by atoms with Crippen molar-refractivity contribution in [1.82, 2.24) is 4.90 Å². The molecule has 2 fully saturated rings. The van der Waals surface area contributed by atoms with Gasteiger partial charge in [0.05, 0.1) is 18.9 Å². The van der Waals surface area contributed by atoms with E-state index in [1.54, 1.807) is 6.07 Å². The number of anilines is 1. The van der Waals surface area contributed by atoms with Crippen molar-refractivity contribution >= 4 is 17.5 Å². The lowest BCUT2D eigenvalue weighted by Crippen LogP contribution is -2.54. The van der Waals surface area contributed by atoms with Gasteiger partial charge in [0.15, 0.2) is 5.60 Å². The number of hydrogen-bond acceptors (Lipinski definition) is 4. The summed E-state index contributed by atoms with van der Waals surface area (Å²) >= 11 is 0. The lowest BCUT2D eigenvalue weighted by Gasteiger charge is -2.41. The fourth-order valence-corrected chi connectivity index (χ4v) is 4.46. The van der Waals surface area contributed by atoms with Crippen LogP contribution in [0, 0.1) is 5.92 Å². The molecule has 2 aliphatic heterocycles. The van der Waals surface area contributed by atoms with E-state index < -0.39 is 5.60 Å². The van der Waals surface area contributed by atoms with Crippen molar-refractivity contribution in [2.24, 2.45) is 5.92 Å². The molecule has 28 heavy (non-hydrogen) atoms. The van der Waals surface area contributed by atoms with E-state index in [4.69, 9.17) is 9.47 Å². The van der Waals surface area contributed by atoms with Crippen LogP contribution in [0.2, 0.25) is 0 Å². The van der Waals surface area contributed by atoms with Gasteiger partial charge in [-0.25, -0.2) is 0 Å². The van der Waals surface area contributed by atoms with Crippen molar-refractivity contribution < 1.29 is 19.1 Å². The molecule has 1 saturated carbocycles. The van der Waals surface area contributed by atoms with Gasteiger partial charge in [-0.15, -0.1) is 0 Å². The Morgan fingerprint density at radius 1 is 1.14 bits per heavy atom. The molecule has 152 valence electrons. The number of ether oxygens (including phenoxy) is 2. The number of morpholine rings is 1. The van der Waals surface area contributed by atoms with Crippen LogP contribution < -0.4 is 9.64 Å². The molecular weight excluding hydrogens is 356 g/mol. The molecule has 4 rings (SSSR count).